The molecule has 0 unspecified atom stereocenters. The van der Waals surface area contributed by atoms with Gasteiger partial charge in [-0.15, -0.1) is 0 Å². The molecule has 0 aromatic heterocycles. The van der Waals surface area contributed by atoms with Crippen LogP contribution >= 0.6 is 0 Å². The SMILES string of the molecule is Cc1ccc([N+](=O)[O-])cc1NC(=O)COc1ccc(F)c(F)c1. The maximum atomic E-state index is 13.0. The highest BCUT2D eigenvalue weighted by Crippen LogP contribution is 2.22. The molecule has 0 heterocycles. The molecule has 0 fully saturated rings. The average Bonchev–Trinajstić information content (AvgIpc) is 2.50. The van der Waals surface area contributed by atoms with Gasteiger partial charge >= 0.3 is 0 Å². The first-order valence-corrected chi connectivity index (χ1v) is 6.49. The molecule has 23 heavy (non-hydrogen) atoms. The van der Waals surface area contributed by atoms with Crippen LogP contribution in [-0.2, 0) is 4.79 Å². The van der Waals surface area contributed by atoms with Crippen LogP contribution in [0.25, 0.3) is 0 Å². The first kappa shape index (κ1) is 16.3. The summed E-state index contributed by atoms with van der Waals surface area (Å²) in [6.07, 6.45) is 0. The zero-order valence-corrected chi connectivity index (χ0v) is 12.0. The summed E-state index contributed by atoms with van der Waals surface area (Å²) < 4.78 is 30.8. The van der Waals surface area contributed by atoms with Gasteiger partial charge in [0.25, 0.3) is 11.6 Å². The molecule has 0 bridgehead atoms. The van der Waals surface area contributed by atoms with Crippen molar-refractivity contribution in [3.8, 4) is 5.75 Å². The van der Waals surface area contributed by atoms with E-state index in [1.54, 1.807) is 6.92 Å². The fourth-order valence-corrected chi connectivity index (χ4v) is 1.76. The molecule has 1 amide bonds. The number of non-ortho nitro benzene ring substituents is 1. The minimum atomic E-state index is -1.09. The molecule has 0 aliphatic rings. The van der Waals surface area contributed by atoms with E-state index in [0.717, 1.165) is 12.1 Å². The second kappa shape index (κ2) is 6.82. The minimum Gasteiger partial charge on any atom is -0.484 e. The van der Waals surface area contributed by atoms with Gasteiger partial charge in [0.15, 0.2) is 18.2 Å². The standard InChI is InChI=1S/C15H12F2N2O4/c1-9-2-3-10(19(21)22)6-14(9)18-15(20)8-23-11-4-5-12(16)13(17)7-11/h2-7H,8H2,1H3,(H,18,20). The van der Waals surface area contributed by atoms with E-state index in [-0.39, 0.29) is 17.1 Å². The third-order valence-electron chi connectivity index (χ3n) is 2.97. The zero-order chi connectivity index (χ0) is 17.0. The largest absolute Gasteiger partial charge is 0.484 e. The number of nitrogens with zero attached hydrogens (tertiary/aromatic N) is 1. The van der Waals surface area contributed by atoms with Crippen molar-refractivity contribution < 1.29 is 23.2 Å². The van der Waals surface area contributed by atoms with Crippen molar-refractivity contribution in [1.82, 2.24) is 0 Å². The van der Waals surface area contributed by atoms with Crippen LogP contribution in [0.15, 0.2) is 36.4 Å². The smallest absolute Gasteiger partial charge is 0.271 e. The maximum Gasteiger partial charge on any atom is 0.271 e. The Morgan fingerprint density at radius 3 is 2.61 bits per heavy atom. The van der Waals surface area contributed by atoms with Gasteiger partial charge in [0.2, 0.25) is 0 Å². The number of benzene rings is 2. The number of rotatable bonds is 5. The van der Waals surface area contributed by atoms with Crippen LogP contribution in [-0.4, -0.2) is 17.4 Å². The van der Waals surface area contributed by atoms with Crippen molar-refractivity contribution in [2.24, 2.45) is 0 Å². The molecule has 0 saturated carbocycles. The maximum absolute atomic E-state index is 13.0. The Bertz CT molecular complexity index is 765. The Morgan fingerprint density at radius 2 is 1.96 bits per heavy atom. The predicted molar refractivity (Wildman–Crippen MR) is 78.3 cm³/mol. The molecule has 0 saturated heterocycles. The molecule has 0 atom stereocenters. The van der Waals surface area contributed by atoms with Crippen molar-refractivity contribution in [3.63, 3.8) is 0 Å². The number of amides is 1. The lowest BCUT2D eigenvalue weighted by Crippen LogP contribution is -2.20. The molecule has 0 spiro atoms. The van der Waals surface area contributed by atoms with Gasteiger partial charge in [-0.1, -0.05) is 6.07 Å². The van der Waals surface area contributed by atoms with E-state index >= 15 is 0 Å². The topological polar surface area (TPSA) is 81.5 Å². The fraction of sp³-hybridized carbons (Fsp3) is 0.133. The summed E-state index contributed by atoms with van der Waals surface area (Å²) in [5.74, 6) is -2.69. The summed E-state index contributed by atoms with van der Waals surface area (Å²) in [6, 6.07) is 6.94. The molecular formula is C15H12F2N2O4. The monoisotopic (exact) mass is 322 g/mol. The molecule has 2 aromatic carbocycles. The van der Waals surface area contributed by atoms with Gasteiger partial charge in [0, 0.05) is 18.2 Å². The second-order valence-electron chi connectivity index (χ2n) is 4.67. The molecule has 2 rings (SSSR count). The van der Waals surface area contributed by atoms with Gasteiger partial charge in [0.1, 0.15) is 5.75 Å². The first-order chi connectivity index (χ1) is 10.9. The zero-order valence-electron chi connectivity index (χ0n) is 12.0. The number of carbonyl (C=O) groups is 1. The molecular weight excluding hydrogens is 310 g/mol. The number of ether oxygens (including phenoxy) is 1. The van der Waals surface area contributed by atoms with Crippen LogP contribution in [0, 0.1) is 28.7 Å². The van der Waals surface area contributed by atoms with Gasteiger partial charge in [-0.05, 0) is 24.6 Å². The van der Waals surface area contributed by atoms with Gasteiger partial charge in [-0.2, -0.15) is 0 Å². The summed E-state index contributed by atoms with van der Waals surface area (Å²) in [4.78, 5) is 21.9. The molecule has 0 aliphatic carbocycles. The van der Waals surface area contributed by atoms with Crippen molar-refractivity contribution in [1.29, 1.82) is 0 Å². The van der Waals surface area contributed by atoms with Gasteiger partial charge < -0.3 is 10.1 Å². The molecule has 2 aromatic rings. The lowest BCUT2D eigenvalue weighted by Gasteiger charge is -2.09. The highest BCUT2D eigenvalue weighted by Gasteiger charge is 2.12. The summed E-state index contributed by atoms with van der Waals surface area (Å²) in [7, 11) is 0. The summed E-state index contributed by atoms with van der Waals surface area (Å²) in [6.45, 7) is 1.22. The van der Waals surface area contributed by atoms with E-state index in [9.17, 15) is 23.7 Å². The second-order valence-corrected chi connectivity index (χ2v) is 4.67. The van der Waals surface area contributed by atoms with Gasteiger partial charge in [-0.25, -0.2) is 8.78 Å². The Kier molecular flexibility index (Phi) is 4.85. The predicted octanol–water partition coefficient (Wildman–Crippen LogP) is 3.20. The van der Waals surface area contributed by atoms with Crippen LogP contribution in [0.4, 0.5) is 20.2 Å². The quantitative estimate of drug-likeness (QED) is 0.677. The Hall–Kier alpha value is -3.03. The molecule has 0 radical (unpaired) electrons. The van der Waals surface area contributed by atoms with E-state index < -0.39 is 29.1 Å². The van der Waals surface area contributed by atoms with Crippen LogP contribution in [0.3, 0.4) is 0 Å². The lowest BCUT2D eigenvalue weighted by molar-refractivity contribution is -0.384. The van der Waals surface area contributed by atoms with Crippen LogP contribution in [0.5, 0.6) is 5.75 Å². The highest BCUT2D eigenvalue weighted by atomic mass is 19.2. The van der Waals surface area contributed by atoms with Gasteiger partial charge in [0.05, 0.1) is 10.6 Å². The van der Waals surface area contributed by atoms with E-state index in [1.165, 1.54) is 24.3 Å². The number of nitrogens with one attached hydrogen (secondary N) is 1. The molecule has 0 aliphatic heterocycles. The number of carbonyl (C=O) groups excluding carboxylic acids is 1. The number of aryl methyl sites for hydroxylation is 1. The first-order valence-electron chi connectivity index (χ1n) is 6.49. The summed E-state index contributed by atoms with van der Waals surface area (Å²) in [5.41, 5.74) is 0.752. The average molecular weight is 322 g/mol. The van der Waals surface area contributed by atoms with Crippen molar-refractivity contribution in [2.45, 2.75) is 6.92 Å². The number of hydrogen-bond acceptors (Lipinski definition) is 4. The molecule has 1 N–H and O–H groups in total. The lowest BCUT2D eigenvalue weighted by atomic mass is 10.2. The summed E-state index contributed by atoms with van der Waals surface area (Å²) in [5, 5.41) is 13.2. The number of halogens is 2. The number of hydrogen-bond donors (Lipinski definition) is 1. The highest BCUT2D eigenvalue weighted by molar-refractivity contribution is 5.93. The van der Waals surface area contributed by atoms with E-state index in [1.807, 2.05) is 0 Å². The summed E-state index contributed by atoms with van der Waals surface area (Å²) >= 11 is 0. The van der Waals surface area contributed by atoms with Crippen molar-refractivity contribution >= 4 is 17.3 Å². The minimum absolute atomic E-state index is 0.00480. The Balaban J connectivity index is 2.00. The van der Waals surface area contributed by atoms with E-state index in [4.69, 9.17) is 4.74 Å². The Labute approximate surface area is 129 Å². The van der Waals surface area contributed by atoms with Crippen LogP contribution in [0.2, 0.25) is 0 Å². The number of anilines is 1. The Morgan fingerprint density at radius 1 is 1.22 bits per heavy atom. The molecule has 120 valence electrons. The molecule has 8 heteroatoms. The van der Waals surface area contributed by atoms with E-state index in [2.05, 4.69) is 5.32 Å². The van der Waals surface area contributed by atoms with E-state index in [0.29, 0.717) is 5.56 Å². The van der Waals surface area contributed by atoms with Crippen LogP contribution in [0.1, 0.15) is 5.56 Å². The van der Waals surface area contributed by atoms with Crippen LogP contribution < -0.4 is 10.1 Å². The third kappa shape index (κ3) is 4.22. The molecule has 6 nitrogen and oxygen atoms in total. The third-order valence-corrected chi connectivity index (χ3v) is 2.97. The number of nitro groups is 1. The number of nitro benzene ring substituents is 1. The van der Waals surface area contributed by atoms with Gasteiger partial charge in [-0.3, -0.25) is 14.9 Å². The van der Waals surface area contributed by atoms with Crippen molar-refractivity contribution in [3.05, 3.63) is 63.7 Å². The van der Waals surface area contributed by atoms with Crippen molar-refractivity contribution in [2.75, 3.05) is 11.9 Å². The fourth-order valence-electron chi connectivity index (χ4n) is 1.76. The normalized spacial score (nSPS) is 10.2.